The van der Waals surface area contributed by atoms with Crippen molar-refractivity contribution in [3.63, 3.8) is 0 Å². The van der Waals surface area contributed by atoms with Crippen LogP contribution in [0.15, 0.2) is 116 Å². The summed E-state index contributed by atoms with van der Waals surface area (Å²) in [5.74, 6) is 3.33. The summed E-state index contributed by atoms with van der Waals surface area (Å²) in [6, 6.07) is 32.8. The zero-order chi connectivity index (χ0) is 33.1. The average molecular weight is 642 g/mol. The highest BCUT2D eigenvalue weighted by atomic mass is 16.5. The highest BCUT2D eigenvalue weighted by molar-refractivity contribution is 5.84. The van der Waals surface area contributed by atoms with Crippen molar-refractivity contribution < 1.29 is 23.8 Å². The molecule has 5 atom stereocenters. The quantitative estimate of drug-likeness (QED) is 0.110. The fraction of sp³-hybridized carbons (Fsp3) is 0.310. The Morgan fingerprint density at radius 3 is 2.19 bits per heavy atom. The van der Waals surface area contributed by atoms with Gasteiger partial charge in [0.25, 0.3) is 0 Å². The van der Waals surface area contributed by atoms with Gasteiger partial charge in [0.1, 0.15) is 49.2 Å². The molecule has 4 heterocycles. The molecular weight excluding hydrogens is 596 g/mol. The molecule has 246 valence electrons. The molecule has 0 amide bonds. The predicted octanol–water partition coefficient (Wildman–Crippen LogP) is 8.35. The average Bonchev–Trinajstić information content (AvgIpc) is 3.14. The van der Waals surface area contributed by atoms with Crippen molar-refractivity contribution in [1.82, 2.24) is 4.98 Å². The van der Waals surface area contributed by atoms with Gasteiger partial charge in [0, 0.05) is 41.5 Å². The Balaban J connectivity index is 1.25. The monoisotopic (exact) mass is 641 g/mol. The van der Waals surface area contributed by atoms with Crippen LogP contribution in [0.1, 0.15) is 46.8 Å². The van der Waals surface area contributed by atoms with E-state index in [0.717, 1.165) is 92.9 Å². The molecule has 1 N–H and O–H groups in total. The van der Waals surface area contributed by atoms with Crippen molar-refractivity contribution in [2.45, 2.75) is 51.7 Å². The molecule has 3 aliphatic rings. The van der Waals surface area contributed by atoms with Crippen molar-refractivity contribution in [1.29, 1.82) is 0 Å². The number of nitrogens with zero attached hydrogens (tertiary/aromatic N) is 2. The Bertz CT molecular complexity index is 1810. The maximum absolute atomic E-state index is 12.3. The first-order chi connectivity index (χ1) is 23.5. The largest absolute Gasteiger partial charge is 0.497 e. The number of pyridine rings is 1. The summed E-state index contributed by atoms with van der Waals surface area (Å²) < 4.78 is 19.4. The zero-order valence-corrected chi connectivity index (χ0v) is 27.9. The van der Waals surface area contributed by atoms with Crippen LogP contribution in [0.25, 0.3) is 10.9 Å². The lowest BCUT2D eigenvalue weighted by Gasteiger charge is -2.58. The lowest BCUT2D eigenvalue weighted by Crippen LogP contribution is -2.67. The molecule has 3 unspecified atom stereocenters. The highest BCUT2D eigenvalue weighted by Gasteiger charge is 2.54. The van der Waals surface area contributed by atoms with Crippen molar-refractivity contribution in [3.8, 4) is 17.2 Å². The second kappa shape index (κ2) is 13.8. The molecular formula is C42H45N2O4+. The van der Waals surface area contributed by atoms with E-state index in [4.69, 9.17) is 14.2 Å². The minimum atomic E-state index is -0.663. The summed E-state index contributed by atoms with van der Waals surface area (Å²) in [6.45, 7) is 9.96. The first-order valence-corrected chi connectivity index (χ1v) is 17.0. The SMILES string of the molecule is C=CC1C[N+]2(Cc3cc(OCc4ccccc4)c(C)c(OCc4ccccc4)c3)CCC1C[C@H]2[C@H](O)c1ccnc2ccc(OC)cc12. The molecule has 0 radical (unpaired) electrons. The second-order valence-electron chi connectivity index (χ2n) is 13.5. The summed E-state index contributed by atoms with van der Waals surface area (Å²) in [5.41, 5.74) is 6.14. The number of benzene rings is 4. The van der Waals surface area contributed by atoms with Crippen molar-refractivity contribution in [3.05, 3.63) is 144 Å². The van der Waals surface area contributed by atoms with E-state index in [1.54, 1.807) is 7.11 Å². The Morgan fingerprint density at radius 1 is 0.896 bits per heavy atom. The van der Waals surface area contributed by atoms with E-state index in [2.05, 4.69) is 61.0 Å². The number of piperidine rings is 3. The van der Waals surface area contributed by atoms with Crippen LogP contribution in [0.3, 0.4) is 0 Å². The predicted molar refractivity (Wildman–Crippen MR) is 190 cm³/mol. The van der Waals surface area contributed by atoms with Gasteiger partial charge >= 0.3 is 0 Å². The maximum atomic E-state index is 12.3. The van der Waals surface area contributed by atoms with Gasteiger partial charge in [-0.25, -0.2) is 0 Å². The van der Waals surface area contributed by atoms with Crippen LogP contribution in [-0.4, -0.2) is 40.8 Å². The lowest BCUT2D eigenvalue weighted by atomic mass is 9.71. The van der Waals surface area contributed by atoms with Crippen molar-refractivity contribution in [2.75, 3.05) is 20.2 Å². The number of fused-ring (bicyclic) bond motifs is 4. The summed E-state index contributed by atoms with van der Waals surface area (Å²) in [6.07, 6.45) is 5.35. The molecule has 0 aliphatic carbocycles. The number of rotatable bonds is 12. The molecule has 1 aromatic heterocycles. The first kappa shape index (κ1) is 31.9. The van der Waals surface area contributed by atoms with Crippen molar-refractivity contribution in [2.24, 2.45) is 11.8 Å². The van der Waals surface area contributed by atoms with Crippen LogP contribution in [0.5, 0.6) is 17.2 Å². The van der Waals surface area contributed by atoms with Gasteiger partial charge < -0.3 is 23.8 Å². The van der Waals surface area contributed by atoms with Gasteiger partial charge in [0.2, 0.25) is 0 Å². The minimum Gasteiger partial charge on any atom is -0.497 e. The number of hydrogen-bond acceptors (Lipinski definition) is 5. The smallest absolute Gasteiger partial charge is 0.131 e. The van der Waals surface area contributed by atoms with E-state index in [0.29, 0.717) is 25.0 Å². The van der Waals surface area contributed by atoms with Crippen LogP contribution >= 0.6 is 0 Å². The van der Waals surface area contributed by atoms with Gasteiger partial charge in [-0.05, 0) is 65.9 Å². The molecule has 3 fully saturated rings. The molecule has 6 nitrogen and oxygen atoms in total. The fourth-order valence-electron chi connectivity index (χ4n) is 8.06. The Labute approximate surface area is 283 Å². The first-order valence-electron chi connectivity index (χ1n) is 17.0. The third kappa shape index (κ3) is 6.43. The van der Waals surface area contributed by atoms with Gasteiger partial charge in [-0.2, -0.15) is 0 Å². The third-order valence-electron chi connectivity index (χ3n) is 10.7. The summed E-state index contributed by atoms with van der Waals surface area (Å²) in [5, 5.41) is 13.3. The number of aliphatic hydroxyl groups is 1. The highest BCUT2D eigenvalue weighted by Crippen LogP contribution is 2.48. The topological polar surface area (TPSA) is 60.8 Å². The standard InChI is InChI=1S/C42H45N2O4/c1-4-33-26-44(20-18-34(33)23-39(44)42(45)36-17-19-43-38-16-15-35(46-3)24-37(36)38)25-32-21-40(47-27-30-11-7-5-8-12-30)29(2)41(22-32)48-28-31-13-9-6-10-14-31/h4-17,19,21-22,24,33-34,39,42,45H,1,18,20,23,25-28H2,2-3H3/q+1/t33?,34?,39-,42+,44?/m0/s1. The number of ether oxygens (including phenoxy) is 3. The number of quaternary nitrogens is 1. The Hall–Kier alpha value is -4.65. The maximum Gasteiger partial charge on any atom is 0.131 e. The minimum absolute atomic E-state index is 0.0143. The van der Waals surface area contributed by atoms with E-state index in [-0.39, 0.29) is 6.04 Å². The number of aliphatic hydroxyl groups excluding tert-OH is 1. The zero-order valence-electron chi connectivity index (χ0n) is 27.9. The molecule has 48 heavy (non-hydrogen) atoms. The lowest BCUT2D eigenvalue weighted by molar-refractivity contribution is -0.984. The molecule has 8 rings (SSSR count). The van der Waals surface area contributed by atoms with Gasteiger partial charge in [0.05, 0.1) is 25.7 Å². The van der Waals surface area contributed by atoms with E-state index in [1.807, 2.05) is 66.9 Å². The number of hydrogen-bond donors (Lipinski definition) is 1. The molecule has 3 saturated heterocycles. The molecule has 0 spiro atoms. The van der Waals surface area contributed by atoms with E-state index >= 15 is 0 Å². The van der Waals surface area contributed by atoms with E-state index in [9.17, 15) is 5.11 Å². The molecule has 6 heteroatoms. The van der Waals surface area contributed by atoms with Crippen LogP contribution in [0.4, 0.5) is 0 Å². The summed E-state index contributed by atoms with van der Waals surface area (Å²) in [4.78, 5) is 4.60. The van der Waals surface area contributed by atoms with Crippen LogP contribution in [0.2, 0.25) is 0 Å². The Morgan fingerprint density at radius 2 is 1.56 bits per heavy atom. The van der Waals surface area contributed by atoms with Gasteiger partial charge in [0.15, 0.2) is 0 Å². The van der Waals surface area contributed by atoms with E-state index in [1.165, 1.54) is 0 Å². The number of methoxy groups -OCH3 is 1. The van der Waals surface area contributed by atoms with Gasteiger partial charge in [-0.15, -0.1) is 6.58 Å². The second-order valence-corrected chi connectivity index (χ2v) is 13.5. The van der Waals surface area contributed by atoms with Crippen LogP contribution in [-0.2, 0) is 19.8 Å². The summed E-state index contributed by atoms with van der Waals surface area (Å²) >= 11 is 0. The third-order valence-corrected chi connectivity index (χ3v) is 10.7. The molecule has 2 bridgehead atoms. The molecule has 3 aliphatic heterocycles. The number of aromatic nitrogens is 1. The van der Waals surface area contributed by atoms with Crippen LogP contribution in [0, 0.1) is 18.8 Å². The Kier molecular flexibility index (Phi) is 9.20. The molecule has 5 aromatic rings. The van der Waals surface area contributed by atoms with Crippen molar-refractivity contribution >= 4 is 10.9 Å². The summed E-state index contributed by atoms with van der Waals surface area (Å²) in [7, 11) is 1.67. The normalized spacial score (nSPS) is 22.3. The van der Waals surface area contributed by atoms with Gasteiger partial charge in [-0.1, -0.05) is 66.7 Å². The van der Waals surface area contributed by atoms with E-state index < -0.39 is 6.10 Å². The molecule has 4 aromatic carbocycles. The fourth-order valence-corrected chi connectivity index (χ4v) is 8.06. The van der Waals surface area contributed by atoms with Crippen LogP contribution < -0.4 is 14.2 Å². The molecule has 0 saturated carbocycles. The van der Waals surface area contributed by atoms with Gasteiger partial charge in [-0.3, -0.25) is 4.98 Å².